The predicted molar refractivity (Wildman–Crippen MR) is 134 cm³/mol. The van der Waals surface area contributed by atoms with E-state index in [9.17, 15) is 0 Å². The van der Waals surface area contributed by atoms with Crippen molar-refractivity contribution in [3.8, 4) is 11.1 Å². The summed E-state index contributed by atoms with van der Waals surface area (Å²) in [6.45, 7) is 0. The van der Waals surface area contributed by atoms with Gasteiger partial charge in [0.1, 0.15) is 0 Å². The summed E-state index contributed by atoms with van der Waals surface area (Å²) in [6, 6.07) is 43.2. The Kier molecular flexibility index (Phi) is 4.18. The third-order valence-electron chi connectivity index (χ3n) is 6.00. The molecular formula is C30H21N. The first kappa shape index (κ1) is 17.7. The minimum Gasteiger partial charge on any atom is -0.355 e. The Balaban J connectivity index is 1.44. The van der Waals surface area contributed by atoms with Gasteiger partial charge in [0.05, 0.1) is 0 Å². The summed E-state index contributed by atoms with van der Waals surface area (Å²) < 4.78 is 0. The lowest BCUT2D eigenvalue weighted by Gasteiger charge is -2.12. The first-order valence-corrected chi connectivity index (χ1v) is 10.6. The minimum atomic E-state index is 1.09. The molecule has 6 aromatic carbocycles. The average molecular weight is 396 g/mol. The SMILES string of the molecule is c1ccc(-c2cccc(Nc3ccc4ccc5c6ccccc6ccc5c4c3)c2)cc1. The van der Waals surface area contributed by atoms with Gasteiger partial charge in [0.15, 0.2) is 0 Å². The quantitative estimate of drug-likeness (QED) is 0.296. The molecule has 0 aliphatic rings. The van der Waals surface area contributed by atoms with Crippen molar-refractivity contribution in [2.75, 3.05) is 5.32 Å². The Bertz CT molecular complexity index is 1550. The molecule has 0 atom stereocenters. The molecule has 0 aliphatic heterocycles. The van der Waals surface area contributed by atoms with Crippen LogP contribution in [0.15, 0.2) is 121 Å². The van der Waals surface area contributed by atoms with Crippen LogP contribution in [-0.2, 0) is 0 Å². The summed E-state index contributed by atoms with van der Waals surface area (Å²) in [4.78, 5) is 0. The van der Waals surface area contributed by atoms with E-state index in [0.717, 1.165) is 11.4 Å². The predicted octanol–water partition coefficient (Wildman–Crippen LogP) is 8.56. The summed E-state index contributed by atoms with van der Waals surface area (Å²) in [5, 5.41) is 11.3. The van der Waals surface area contributed by atoms with Crippen LogP contribution in [-0.4, -0.2) is 0 Å². The van der Waals surface area contributed by atoms with Crippen LogP contribution < -0.4 is 5.32 Å². The number of hydrogen-bond donors (Lipinski definition) is 1. The highest BCUT2D eigenvalue weighted by atomic mass is 14.9. The molecule has 31 heavy (non-hydrogen) atoms. The fourth-order valence-corrected chi connectivity index (χ4v) is 4.47. The van der Waals surface area contributed by atoms with Gasteiger partial charge in [-0.2, -0.15) is 0 Å². The highest BCUT2D eigenvalue weighted by Crippen LogP contribution is 2.33. The fourth-order valence-electron chi connectivity index (χ4n) is 4.47. The summed E-state index contributed by atoms with van der Waals surface area (Å²) in [5.74, 6) is 0. The Labute approximate surface area is 181 Å². The maximum atomic E-state index is 3.61. The zero-order valence-electron chi connectivity index (χ0n) is 17.0. The lowest BCUT2D eigenvalue weighted by Crippen LogP contribution is -1.91. The van der Waals surface area contributed by atoms with Gasteiger partial charge in [-0.15, -0.1) is 0 Å². The zero-order chi connectivity index (χ0) is 20.6. The van der Waals surface area contributed by atoms with Crippen LogP contribution in [0.4, 0.5) is 11.4 Å². The molecule has 0 radical (unpaired) electrons. The normalized spacial score (nSPS) is 11.2. The first-order valence-electron chi connectivity index (χ1n) is 10.6. The van der Waals surface area contributed by atoms with E-state index in [0.29, 0.717) is 0 Å². The molecule has 0 amide bonds. The molecule has 0 saturated carbocycles. The number of nitrogens with one attached hydrogen (secondary N) is 1. The maximum Gasteiger partial charge on any atom is 0.0390 e. The summed E-state index contributed by atoms with van der Waals surface area (Å²) >= 11 is 0. The third-order valence-corrected chi connectivity index (χ3v) is 6.00. The van der Waals surface area contributed by atoms with E-state index in [2.05, 4.69) is 121 Å². The number of anilines is 2. The lowest BCUT2D eigenvalue weighted by atomic mass is 9.97. The molecule has 6 rings (SSSR count). The van der Waals surface area contributed by atoms with Crippen molar-refractivity contribution in [2.45, 2.75) is 0 Å². The maximum absolute atomic E-state index is 3.61. The molecule has 1 heteroatoms. The molecule has 0 spiro atoms. The largest absolute Gasteiger partial charge is 0.355 e. The van der Waals surface area contributed by atoms with Crippen molar-refractivity contribution >= 4 is 43.7 Å². The Morgan fingerprint density at radius 3 is 1.87 bits per heavy atom. The summed E-state index contributed by atoms with van der Waals surface area (Å²) in [7, 11) is 0. The fraction of sp³-hybridized carbons (Fsp3) is 0. The second-order valence-electron chi connectivity index (χ2n) is 7.96. The molecule has 0 heterocycles. The lowest BCUT2D eigenvalue weighted by molar-refractivity contribution is 1.55. The number of benzene rings is 6. The van der Waals surface area contributed by atoms with Crippen LogP contribution in [0, 0.1) is 0 Å². The second-order valence-corrected chi connectivity index (χ2v) is 7.96. The van der Waals surface area contributed by atoms with Crippen molar-refractivity contribution in [1.29, 1.82) is 0 Å². The van der Waals surface area contributed by atoms with E-state index in [1.165, 1.54) is 43.4 Å². The van der Waals surface area contributed by atoms with E-state index < -0.39 is 0 Å². The van der Waals surface area contributed by atoms with Crippen LogP contribution in [0.5, 0.6) is 0 Å². The molecule has 146 valence electrons. The third kappa shape index (κ3) is 3.21. The van der Waals surface area contributed by atoms with E-state index >= 15 is 0 Å². The van der Waals surface area contributed by atoms with E-state index in [1.54, 1.807) is 0 Å². The van der Waals surface area contributed by atoms with Gasteiger partial charge in [-0.3, -0.25) is 0 Å². The van der Waals surface area contributed by atoms with Crippen LogP contribution in [0.2, 0.25) is 0 Å². The highest BCUT2D eigenvalue weighted by molar-refractivity contribution is 6.17. The van der Waals surface area contributed by atoms with Crippen LogP contribution in [0.3, 0.4) is 0 Å². The smallest absolute Gasteiger partial charge is 0.0390 e. The average Bonchev–Trinajstić information content (AvgIpc) is 2.84. The van der Waals surface area contributed by atoms with Gasteiger partial charge in [0.2, 0.25) is 0 Å². The molecule has 0 saturated heterocycles. The molecule has 0 fully saturated rings. The topological polar surface area (TPSA) is 12.0 Å². The molecule has 0 unspecified atom stereocenters. The summed E-state index contributed by atoms with van der Waals surface area (Å²) in [6.07, 6.45) is 0. The van der Waals surface area contributed by atoms with Crippen molar-refractivity contribution < 1.29 is 0 Å². The monoisotopic (exact) mass is 395 g/mol. The molecule has 0 aliphatic carbocycles. The van der Waals surface area contributed by atoms with Gasteiger partial charge < -0.3 is 5.32 Å². The van der Waals surface area contributed by atoms with Crippen LogP contribution >= 0.6 is 0 Å². The van der Waals surface area contributed by atoms with E-state index in [4.69, 9.17) is 0 Å². The molecule has 0 aromatic heterocycles. The van der Waals surface area contributed by atoms with Crippen molar-refractivity contribution in [3.63, 3.8) is 0 Å². The van der Waals surface area contributed by atoms with Gasteiger partial charge in [0.25, 0.3) is 0 Å². The van der Waals surface area contributed by atoms with Crippen LogP contribution in [0.25, 0.3) is 43.4 Å². The van der Waals surface area contributed by atoms with Crippen LogP contribution in [0.1, 0.15) is 0 Å². The minimum absolute atomic E-state index is 1.09. The summed E-state index contributed by atoms with van der Waals surface area (Å²) in [5.41, 5.74) is 4.62. The molecule has 1 N–H and O–H groups in total. The molecule has 1 nitrogen and oxygen atoms in total. The van der Waals surface area contributed by atoms with E-state index in [-0.39, 0.29) is 0 Å². The first-order chi connectivity index (χ1) is 15.3. The molecular weight excluding hydrogens is 374 g/mol. The highest BCUT2D eigenvalue weighted by Gasteiger charge is 2.06. The Hall–Kier alpha value is -4.10. The van der Waals surface area contributed by atoms with Gasteiger partial charge in [-0.1, -0.05) is 97.1 Å². The van der Waals surface area contributed by atoms with Crippen molar-refractivity contribution in [1.82, 2.24) is 0 Å². The number of hydrogen-bond acceptors (Lipinski definition) is 1. The second kappa shape index (κ2) is 7.30. The van der Waals surface area contributed by atoms with Gasteiger partial charge in [-0.25, -0.2) is 0 Å². The van der Waals surface area contributed by atoms with Crippen molar-refractivity contribution in [2.24, 2.45) is 0 Å². The van der Waals surface area contributed by atoms with Gasteiger partial charge >= 0.3 is 0 Å². The Morgan fingerprint density at radius 1 is 0.355 bits per heavy atom. The number of fused-ring (bicyclic) bond motifs is 5. The van der Waals surface area contributed by atoms with Gasteiger partial charge in [-0.05, 0) is 67.7 Å². The molecule has 0 bridgehead atoms. The molecule has 6 aromatic rings. The van der Waals surface area contributed by atoms with Gasteiger partial charge in [0, 0.05) is 11.4 Å². The Morgan fingerprint density at radius 2 is 1.00 bits per heavy atom. The van der Waals surface area contributed by atoms with Crippen molar-refractivity contribution in [3.05, 3.63) is 121 Å². The number of rotatable bonds is 3. The standard InChI is InChI=1S/C30H21N/c1-2-7-21(8-3-1)24-10-6-11-25(19-24)31-26-16-13-23-15-17-28-27-12-5-4-9-22(27)14-18-29(28)30(23)20-26/h1-20,31H. The zero-order valence-corrected chi connectivity index (χ0v) is 17.0. The van der Waals surface area contributed by atoms with E-state index in [1.807, 2.05) is 6.07 Å².